The molecule has 0 aliphatic carbocycles. The summed E-state index contributed by atoms with van der Waals surface area (Å²) < 4.78 is 24.7. The highest BCUT2D eigenvalue weighted by Crippen LogP contribution is 2.27. The van der Waals surface area contributed by atoms with Gasteiger partial charge in [-0.3, -0.25) is 0 Å². The summed E-state index contributed by atoms with van der Waals surface area (Å²) in [5, 5.41) is 19.8. The first-order valence-corrected chi connectivity index (χ1v) is 10.5. The predicted molar refractivity (Wildman–Crippen MR) is 113 cm³/mol. The third-order valence-electron chi connectivity index (χ3n) is 5.77. The number of aliphatic hydroxyl groups excluding tert-OH is 1. The Labute approximate surface area is 180 Å². The maximum atomic E-state index is 14.0. The number of phenols is 1. The number of ether oxygens (including phenoxy) is 2. The number of benzene rings is 2. The first-order chi connectivity index (χ1) is 15.0. The van der Waals surface area contributed by atoms with Crippen LogP contribution in [0.1, 0.15) is 12.8 Å². The zero-order valence-electron chi connectivity index (χ0n) is 17.2. The second-order valence-electron chi connectivity index (χ2n) is 8.03. The van der Waals surface area contributed by atoms with E-state index in [2.05, 4.69) is 4.90 Å². The molecular formula is C23H27FN2O5. The lowest BCUT2D eigenvalue weighted by molar-refractivity contribution is 0.0496. The second kappa shape index (κ2) is 9.53. The van der Waals surface area contributed by atoms with Crippen molar-refractivity contribution in [1.82, 2.24) is 9.80 Å². The molecule has 1 atom stereocenters. The van der Waals surface area contributed by atoms with Crippen LogP contribution in [0.4, 0.5) is 9.18 Å². The number of amides is 1. The van der Waals surface area contributed by atoms with Gasteiger partial charge in [0.05, 0.1) is 6.54 Å². The van der Waals surface area contributed by atoms with E-state index in [-0.39, 0.29) is 24.5 Å². The summed E-state index contributed by atoms with van der Waals surface area (Å²) in [6.07, 6.45) is 0.757. The van der Waals surface area contributed by atoms with Crippen LogP contribution in [0.3, 0.4) is 0 Å². The van der Waals surface area contributed by atoms with Crippen LogP contribution in [0.5, 0.6) is 11.5 Å². The van der Waals surface area contributed by atoms with Gasteiger partial charge in [0.15, 0.2) is 0 Å². The molecule has 0 radical (unpaired) electrons. The Hall–Kier alpha value is -2.84. The van der Waals surface area contributed by atoms with Crippen molar-refractivity contribution < 1.29 is 28.9 Å². The van der Waals surface area contributed by atoms with Gasteiger partial charge in [-0.1, -0.05) is 12.1 Å². The number of aromatic hydroxyl groups is 1. The third kappa shape index (κ3) is 5.45. The summed E-state index contributed by atoms with van der Waals surface area (Å²) in [7, 11) is 0. The van der Waals surface area contributed by atoms with Crippen molar-refractivity contribution in [3.05, 3.63) is 48.3 Å². The monoisotopic (exact) mass is 430 g/mol. The highest BCUT2D eigenvalue weighted by molar-refractivity contribution is 5.69. The number of cyclic esters (lactones) is 1. The molecule has 2 N–H and O–H groups in total. The maximum absolute atomic E-state index is 14.0. The van der Waals surface area contributed by atoms with Gasteiger partial charge in [-0.2, -0.15) is 0 Å². The highest BCUT2D eigenvalue weighted by Gasteiger charge is 2.32. The fraction of sp³-hybridized carbons (Fsp3) is 0.435. The zero-order chi connectivity index (χ0) is 21.8. The van der Waals surface area contributed by atoms with Gasteiger partial charge in [-0.15, -0.1) is 0 Å². The van der Waals surface area contributed by atoms with Crippen molar-refractivity contribution >= 4 is 6.09 Å². The first kappa shape index (κ1) is 21.4. The van der Waals surface area contributed by atoms with Crippen LogP contribution >= 0.6 is 0 Å². The molecule has 0 saturated carbocycles. The molecule has 4 rings (SSSR count). The lowest BCUT2D eigenvalue weighted by atomic mass is 10.0. The number of aliphatic hydroxyl groups is 1. The molecule has 2 aliphatic heterocycles. The summed E-state index contributed by atoms with van der Waals surface area (Å²) >= 11 is 0. The van der Waals surface area contributed by atoms with Gasteiger partial charge in [0.1, 0.15) is 36.6 Å². The van der Waals surface area contributed by atoms with E-state index in [1.165, 1.54) is 12.1 Å². The molecule has 2 saturated heterocycles. The van der Waals surface area contributed by atoms with E-state index in [1.54, 1.807) is 35.2 Å². The van der Waals surface area contributed by atoms with E-state index >= 15 is 0 Å². The number of halogens is 1. The average Bonchev–Trinajstić information content (AvgIpc) is 3.19. The predicted octanol–water partition coefficient (Wildman–Crippen LogP) is 2.85. The van der Waals surface area contributed by atoms with Crippen LogP contribution in [0, 0.1) is 5.82 Å². The number of rotatable bonds is 7. The molecule has 2 aromatic rings. The molecule has 2 aliphatic rings. The van der Waals surface area contributed by atoms with E-state index in [4.69, 9.17) is 9.47 Å². The molecule has 31 heavy (non-hydrogen) atoms. The van der Waals surface area contributed by atoms with Crippen molar-refractivity contribution in [1.29, 1.82) is 0 Å². The fourth-order valence-corrected chi connectivity index (χ4v) is 4.16. The van der Waals surface area contributed by atoms with Crippen LogP contribution in [-0.2, 0) is 4.74 Å². The van der Waals surface area contributed by atoms with Crippen LogP contribution in [0.25, 0.3) is 11.1 Å². The molecule has 7 nitrogen and oxygen atoms in total. The molecule has 0 aromatic heterocycles. The zero-order valence-corrected chi connectivity index (χ0v) is 17.2. The molecule has 2 fully saturated rings. The van der Waals surface area contributed by atoms with Gasteiger partial charge in [-0.05, 0) is 48.2 Å². The molecule has 166 valence electrons. The highest BCUT2D eigenvalue weighted by atomic mass is 19.1. The Kier molecular flexibility index (Phi) is 6.58. The van der Waals surface area contributed by atoms with Gasteiger partial charge in [0.25, 0.3) is 0 Å². The van der Waals surface area contributed by atoms with E-state index in [1.807, 2.05) is 0 Å². The number of hydrogen-bond acceptors (Lipinski definition) is 6. The molecule has 8 heteroatoms. The fourth-order valence-electron chi connectivity index (χ4n) is 4.16. The lowest BCUT2D eigenvalue weighted by Gasteiger charge is -2.36. The molecule has 0 bridgehead atoms. The van der Waals surface area contributed by atoms with E-state index in [0.29, 0.717) is 31.0 Å². The largest absolute Gasteiger partial charge is 0.508 e. The Morgan fingerprint density at radius 1 is 1.10 bits per heavy atom. The molecule has 2 aromatic carbocycles. The smallest absolute Gasteiger partial charge is 0.410 e. The number of nitrogens with zero attached hydrogens (tertiary/aromatic N) is 2. The molecular weight excluding hydrogens is 403 g/mol. The standard InChI is InChI=1S/C23H27FN2O5/c24-18-11-17(16-1-3-20(27)4-2-16)12-22(13-18)31-15-21(28)14-25-7-5-19(6-8-25)26-9-10-30-23(26)29/h1-4,11-13,19,21,27-28H,5-10,14-15H2. The Bertz CT molecular complexity index is 899. The van der Waals surface area contributed by atoms with Crippen LogP contribution in [-0.4, -0.2) is 77.6 Å². The quantitative estimate of drug-likeness (QED) is 0.703. The minimum atomic E-state index is -0.714. The second-order valence-corrected chi connectivity index (χ2v) is 8.03. The van der Waals surface area contributed by atoms with Crippen molar-refractivity contribution in [2.24, 2.45) is 0 Å². The van der Waals surface area contributed by atoms with Crippen molar-refractivity contribution in [3.8, 4) is 22.6 Å². The summed E-state index contributed by atoms with van der Waals surface area (Å²) in [5.41, 5.74) is 1.39. The van der Waals surface area contributed by atoms with Gasteiger partial charge in [-0.25, -0.2) is 9.18 Å². The SMILES string of the molecule is O=C1OCCN1C1CCN(CC(O)COc2cc(F)cc(-c3ccc(O)cc3)c2)CC1. The minimum Gasteiger partial charge on any atom is -0.508 e. The molecule has 1 unspecified atom stereocenters. The summed E-state index contributed by atoms with van der Waals surface area (Å²) in [4.78, 5) is 15.7. The van der Waals surface area contributed by atoms with Crippen molar-refractivity contribution in [2.45, 2.75) is 25.0 Å². The Morgan fingerprint density at radius 2 is 1.84 bits per heavy atom. The summed E-state index contributed by atoms with van der Waals surface area (Å²) in [6, 6.07) is 11.1. The average molecular weight is 430 g/mol. The van der Waals surface area contributed by atoms with Crippen LogP contribution < -0.4 is 4.74 Å². The normalized spacial score (nSPS) is 18.8. The van der Waals surface area contributed by atoms with Crippen LogP contribution in [0.2, 0.25) is 0 Å². The number of phenolic OH excluding ortho intramolecular Hbond substituents is 1. The topological polar surface area (TPSA) is 82.5 Å². The maximum Gasteiger partial charge on any atom is 0.410 e. The number of β-amino-alcohol motifs (C(OH)–C–C–N with tert-alkyl or cyclic N) is 1. The van der Waals surface area contributed by atoms with E-state index in [0.717, 1.165) is 31.5 Å². The molecule has 2 heterocycles. The number of carbonyl (C=O) groups excluding carboxylic acids is 1. The number of hydrogen-bond donors (Lipinski definition) is 2. The lowest BCUT2D eigenvalue weighted by Crippen LogP contribution is -2.47. The summed E-state index contributed by atoms with van der Waals surface area (Å²) in [6.45, 7) is 3.20. The van der Waals surface area contributed by atoms with E-state index in [9.17, 15) is 19.4 Å². The number of piperidine rings is 1. The van der Waals surface area contributed by atoms with Crippen molar-refractivity contribution in [3.63, 3.8) is 0 Å². The minimum absolute atomic E-state index is 0.0524. The van der Waals surface area contributed by atoms with Gasteiger partial charge >= 0.3 is 6.09 Å². The van der Waals surface area contributed by atoms with Gasteiger partial charge in [0.2, 0.25) is 0 Å². The number of likely N-dealkylation sites (tertiary alicyclic amines) is 1. The van der Waals surface area contributed by atoms with Crippen LogP contribution in [0.15, 0.2) is 42.5 Å². The summed E-state index contributed by atoms with van der Waals surface area (Å²) in [5.74, 6) is 0.0510. The molecule has 1 amide bonds. The first-order valence-electron chi connectivity index (χ1n) is 10.5. The van der Waals surface area contributed by atoms with Gasteiger partial charge in [0, 0.05) is 31.7 Å². The van der Waals surface area contributed by atoms with Gasteiger partial charge < -0.3 is 29.5 Å². The number of carbonyl (C=O) groups is 1. The molecule has 0 spiro atoms. The third-order valence-corrected chi connectivity index (χ3v) is 5.77. The Balaban J connectivity index is 1.27. The van der Waals surface area contributed by atoms with Crippen molar-refractivity contribution in [2.75, 3.05) is 39.4 Å². The Morgan fingerprint density at radius 3 is 2.52 bits per heavy atom. The van der Waals surface area contributed by atoms with E-state index < -0.39 is 11.9 Å².